The Bertz CT molecular complexity index is 516. The van der Waals surface area contributed by atoms with Crippen LogP contribution in [0.4, 0.5) is 4.39 Å². The Balaban J connectivity index is 2.58. The fourth-order valence-corrected chi connectivity index (χ4v) is 1.63. The maximum atomic E-state index is 13.5. The second-order valence-electron chi connectivity index (χ2n) is 5.18. The van der Waals surface area contributed by atoms with Crippen molar-refractivity contribution < 1.29 is 23.8 Å². The third kappa shape index (κ3) is 5.41. The minimum absolute atomic E-state index is 0.115. The van der Waals surface area contributed by atoms with Crippen LogP contribution in [0.2, 0.25) is 0 Å². The van der Waals surface area contributed by atoms with E-state index < -0.39 is 23.5 Å². The summed E-state index contributed by atoms with van der Waals surface area (Å²) in [6, 6.07) is 3.39. The minimum atomic E-state index is -1.35. The Labute approximate surface area is 123 Å². The number of carboxylic acids is 1. The number of rotatable bonds is 7. The molecule has 0 spiro atoms. The highest BCUT2D eigenvalue weighted by Gasteiger charge is 2.16. The second-order valence-corrected chi connectivity index (χ2v) is 5.18. The normalized spacial score (nSPS) is 12.0. The molecule has 0 aliphatic heterocycles. The third-order valence-corrected chi connectivity index (χ3v) is 2.87. The molecule has 0 aliphatic carbocycles. The number of carbonyl (C=O) groups is 2. The molecule has 1 atom stereocenters. The lowest BCUT2D eigenvalue weighted by molar-refractivity contribution is -0.127. The first-order valence-corrected chi connectivity index (χ1v) is 6.78. The van der Waals surface area contributed by atoms with Crippen molar-refractivity contribution in [2.75, 3.05) is 6.54 Å². The minimum Gasteiger partial charge on any atom is -0.481 e. The van der Waals surface area contributed by atoms with Gasteiger partial charge >= 0.3 is 5.97 Å². The van der Waals surface area contributed by atoms with Gasteiger partial charge in [-0.1, -0.05) is 13.8 Å². The highest BCUT2D eigenvalue weighted by atomic mass is 19.1. The zero-order valence-corrected chi connectivity index (χ0v) is 12.4. The van der Waals surface area contributed by atoms with E-state index in [2.05, 4.69) is 19.2 Å². The van der Waals surface area contributed by atoms with Crippen molar-refractivity contribution >= 4 is 11.9 Å². The topological polar surface area (TPSA) is 75.6 Å². The van der Waals surface area contributed by atoms with E-state index in [-0.39, 0.29) is 11.7 Å². The quantitative estimate of drug-likeness (QED) is 0.810. The zero-order valence-electron chi connectivity index (χ0n) is 12.4. The summed E-state index contributed by atoms with van der Waals surface area (Å²) in [5.74, 6) is -1.94. The van der Waals surface area contributed by atoms with Crippen molar-refractivity contribution in [3.63, 3.8) is 0 Å². The number of hydrogen-bond donors (Lipinski definition) is 2. The Morgan fingerprint density at radius 3 is 2.52 bits per heavy atom. The summed E-state index contributed by atoms with van der Waals surface area (Å²) < 4.78 is 18.8. The first-order valence-electron chi connectivity index (χ1n) is 6.78. The van der Waals surface area contributed by atoms with E-state index in [0.29, 0.717) is 12.5 Å². The van der Waals surface area contributed by atoms with Crippen LogP contribution in [0.15, 0.2) is 18.2 Å². The van der Waals surface area contributed by atoms with Crippen molar-refractivity contribution in [1.82, 2.24) is 5.32 Å². The van der Waals surface area contributed by atoms with Crippen LogP contribution in [0, 0.1) is 11.7 Å². The van der Waals surface area contributed by atoms with E-state index in [1.54, 1.807) is 6.92 Å². The average Bonchev–Trinajstić information content (AvgIpc) is 2.37. The van der Waals surface area contributed by atoms with Gasteiger partial charge < -0.3 is 15.2 Å². The molecular formula is C15H20FNO4. The van der Waals surface area contributed by atoms with Crippen LogP contribution in [0.3, 0.4) is 0 Å². The molecule has 116 valence electrons. The van der Waals surface area contributed by atoms with Crippen LogP contribution in [0.25, 0.3) is 0 Å². The Kier molecular flexibility index (Phi) is 6.14. The number of benzene rings is 1. The molecule has 1 aromatic carbocycles. The number of hydrogen-bond acceptors (Lipinski definition) is 3. The van der Waals surface area contributed by atoms with Gasteiger partial charge in [0.1, 0.15) is 11.6 Å². The number of carboxylic acid groups (broad SMARTS) is 1. The van der Waals surface area contributed by atoms with Gasteiger partial charge in [0.05, 0.1) is 5.56 Å². The standard InChI is InChI=1S/C15H20FNO4/c1-9(2)6-7-17-14(18)10(3)21-11-4-5-12(15(19)20)13(16)8-11/h4-5,8-10H,6-7H2,1-3H3,(H,17,18)(H,19,20). The molecule has 6 heteroatoms. The fourth-order valence-electron chi connectivity index (χ4n) is 1.63. The smallest absolute Gasteiger partial charge is 0.338 e. The van der Waals surface area contributed by atoms with Gasteiger partial charge in [-0.05, 0) is 31.4 Å². The average molecular weight is 297 g/mol. The number of aromatic carboxylic acids is 1. The summed E-state index contributed by atoms with van der Waals surface area (Å²) in [5.41, 5.74) is -0.434. The fraction of sp³-hybridized carbons (Fsp3) is 0.467. The molecule has 21 heavy (non-hydrogen) atoms. The molecule has 0 saturated carbocycles. The Morgan fingerprint density at radius 1 is 1.33 bits per heavy atom. The van der Waals surface area contributed by atoms with Crippen LogP contribution in [0.1, 0.15) is 37.6 Å². The Morgan fingerprint density at radius 2 is 2.00 bits per heavy atom. The summed E-state index contributed by atoms with van der Waals surface area (Å²) in [5, 5.41) is 11.5. The van der Waals surface area contributed by atoms with Crippen molar-refractivity contribution in [2.45, 2.75) is 33.3 Å². The summed E-state index contributed by atoms with van der Waals surface area (Å²) in [7, 11) is 0. The monoisotopic (exact) mass is 297 g/mol. The number of halogens is 1. The Hall–Kier alpha value is -2.11. The molecule has 0 fully saturated rings. The molecule has 1 aromatic rings. The molecule has 0 saturated heterocycles. The van der Waals surface area contributed by atoms with Gasteiger partial charge in [-0.2, -0.15) is 0 Å². The molecule has 5 nitrogen and oxygen atoms in total. The number of nitrogens with one attached hydrogen (secondary N) is 1. The molecular weight excluding hydrogens is 277 g/mol. The van der Waals surface area contributed by atoms with Gasteiger partial charge in [-0.3, -0.25) is 4.79 Å². The van der Waals surface area contributed by atoms with E-state index in [4.69, 9.17) is 9.84 Å². The van der Waals surface area contributed by atoms with Crippen LogP contribution in [-0.4, -0.2) is 29.6 Å². The van der Waals surface area contributed by atoms with Crippen LogP contribution < -0.4 is 10.1 Å². The maximum Gasteiger partial charge on any atom is 0.338 e. The summed E-state index contributed by atoms with van der Waals surface area (Å²) in [4.78, 5) is 22.5. The lowest BCUT2D eigenvalue weighted by Crippen LogP contribution is -2.37. The van der Waals surface area contributed by atoms with Gasteiger partial charge in [0.25, 0.3) is 5.91 Å². The highest BCUT2D eigenvalue weighted by molar-refractivity contribution is 5.88. The zero-order chi connectivity index (χ0) is 16.0. The second kappa shape index (κ2) is 7.61. The van der Waals surface area contributed by atoms with Crippen molar-refractivity contribution in [2.24, 2.45) is 5.92 Å². The summed E-state index contributed by atoms with van der Waals surface area (Å²) in [6.45, 7) is 6.21. The molecule has 1 rings (SSSR count). The molecule has 1 unspecified atom stereocenters. The third-order valence-electron chi connectivity index (χ3n) is 2.87. The van der Waals surface area contributed by atoms with E-state index in [9.17, 15) is 14.0 Å². The van der Waals surface area contributed by atoms with Crippen LogP contribution >= 0.6 is 0 Å². The highest BCUT2D eigenvalue weighted by Crippen LogP contribution is 2.18. The lowest BCUT2D eigenvalue weighted by atomic mass is 10.1. The van der Waals surface area contributed by atoms with Gasteiger partial charge in [0.15, 0.2) is 6.10 Å². The van der Waals surface area contributed by atoms with E-state index in [0.717, 1.165) is 18.6 Å². The van der Waals surface area contributed by atoms with E-state index >= 15 is 0 Å². The predicted octanol–water partition coefficient (Wildman–Crippen LogP) is 2.45. The molecule has 0 bridgehead atoms. The van der Waals surface area contributed by atoms with Crippen molar-refractivity contribution in [3.8, 4) is 5.75 Å². The lowest BCUT2D eigenvalue weighted by Gasteiger charge is -2.15. The molecule has 0 aromatic heterocycles. The molecule has 0 aliphatic rings. The number of ether oxygens (including phenoxy) is 1. The first-order chi connectivity index (χ1) is 9.81. The molecule has 1 amide bonds. The van der Waals surface area contributed by atoms with E-state index in [1.807, 2.05) is 0 Å². The van der Waals surface area contributed by atoms with E-state index in [1.165, 1.54) is 6.07 Å². The van der Waals surface area contributed by atoms with Crippen molar-refractivity contribution in [3.05, 3.63) is 29.6 Å². The molecule has 0 radical (unpaired) electrons. The van der Waals surface area contributed by atoms with Crippen LogP contribution in [-0.2, 0) is 4.79 Å². The molecule has 2 N–H and O–H groups in total. The molecule has 0 heterocycles. The van der Waals surface area contributed by atoms with Gasteiger partial charge in [0.2, 0.25) is 0 Å². The number of carbonyl (C=O) groups excluding carboxylic acids is 1. The largest absolute Gasteiger partial charge is 0.481 e. The van der Waals surface area contributed by atoms with Crippen molar-refractivity contribution in [1.29, 1.82) is 0 Å². The predicted molar refractivity (Wildman–Crippen MR) is 75.9 cm³/mol. The SMILES string of the molecule is CC(C)CCNC(=O)C(C)Oc1ccc(C(=O)O)c(F)c1. The number of amides is 1. The van der Waals surface area contributed by atoms with Crippen LogP contribution in [0.5, 0.6) is 5.75 Å². The van der Waals surface area contributed by atoms with Gasteiger partial charge in [-0.15, -0.1) is 0 Å². The maximum absolute atomic E-state index is 13.5. The first kappa shape index (κ1) is 16.9. The summed E-state index contributed by atoms with van der Waals surface area (Å²) >= 11 is 0. The summed E-state index contributed by atoms with van der Waals surface area (Å²) in [6.07, 6.45) is 0.0765. The van der Waals surface area contributed by atoms with Gasteiger partial charge in [0, 0.05) is 12.6 Å². The van der Waals surface area contributed by atoms with Gasteiger partial charge in [-0.25, -0.2) is 9.18 Å².